The molecule has 19 heavy (non-hydrogen) atoms. The highest BCUT2D eigenvalue weighted by Gasteiger charge is 2.21. The minimum Gasteiger partial charge on any atom is -0.374 e. The predicted octanol–water partition coefficient (Wildman–Crippen LogP) is 3.41. The normalized spacial score (nSPS) is 12.9. The van der Waals surface area contributed by atoms with Gasteiger partial charge >= 0.3 is 0 Å². The van der Waals surface area contributed by atoms with Gasteiger partial charge in [0.25, 0.3) is 0 Å². The van der Waals surface area contributed by atoms with Crippen LogP contribution in [0.4, 0.5) is 5.69 Å². The molecule has 0 saturated heterocycles. The van der Waals surface area contributed by atoms with Crippen LogP contribution < -0.4 is 10.6 Å². The topological polar surface area (TPSA) is 41.1 Å². The molecule has 1 amide bonds. The summed E-state index contributed by atoms with van der Waals surface area (Å²) in [6.45, 7) is 12.1. The van der Waals surface area contributed by atoms with Crippen LogP contribution in [0.1, 0.15) is 45.2 Å². The Morgan fingerprint density at radius 1 is 1.21 bits per heavy atom. The molecule has 0 bridgehead atoms. The second-order valence-corrected chi connectivity index (χ2v) is 5.97. The molecule has 0 heterocycles. The molecule has 1 atom stereocenters. The van der Waals surface area contributed by atoms with Gasteiger partial charge in [0.2, 0.25) is 5.91 Å². The standard InChI is InChI=1S/C16H26N2O/c1-7-16(5,6)18-15(19)13(4)17-14-9-11(2)8-12(3)10-14/h8-10,13,17H,7H2,1-6H3,(H,18,19). The van der Waals surface area contributed by atoms with E-state index in [1.807, 2.05) is 20.8 Å². The molecule has 0 aromatic heterocycles. The number of benzene rings is 1. The fraction of sp³-hybridized carbons (Fsp3) is 0.562. The molecule has 0 spiro atoms. The average molecular weight is 262 g/mol. The zero-order chi connectivity index (χ0) is 14.6. The molecular formula is C16H26N2O. The number of amides is 1. The maximum atomic E-state index is 12.1. The van der Waals surface area contributed by atoms with E-state index in [0.29, 0.717) is 0 Å². The first kappa shape index (κ1) is 15.5. The summed E-state index contributed by atoms with van der Waals surface area (Å²) in [5.41, 5.74) is 3.23. The molecule has 0 aliphatic rings. The number of rotatable bonds is 5. The summed E-state index contributed by atoms with van der Waals surface area (Å²) < 4.78 is 0. The highest BCUT2D eigenvalue weighted by Crippen LogP contribution is 2.15. The van der Waals surface area contributed by atoms with Gasteiger partial charge in [0, 0.05) is 11.2 Å². The van der Waals surface area contributed by atoms with Crippen molar-refractivity contribution in [3.8, 4) is 0 Å². The SMILES string of the molecule is CCC(C)(C)NC(=O)C(C)Nc1cc(C)cc(C)c1. The number of carbonyl (C=O) groups is 1. The minimum absolute atomic E-state index is 0.0333. The summed E-state index contributed by atoms with van der Waals surface area (Å²) in [6, 6.07) is 5.99. The van der Waals surface area contributed by atoms with Crippen molar-refractivity contribution >= 4 is 11.6 Å². The summed E-state index contributed by atoms with van der Waals surface area (Å²) in [5, 5.41) is 6.31. The van der Waals surface area contributed by atoms with E-state index in [-0.39, 0.29) is 17.5 Å². The van der Waals surface area contributed by atoms with Crippen molar-refractivity contribution in [1.82, 2.24) is 5.32 Å². The van der Waals surface area contributed by atoms with Crippen molar-refractivity contribution < 1.29 is 4.79 Å². The first-order chi connectivity index (χ1) is 8.73. The first-order valence-electron chi connectivity index (χ1n) is 6.90. The molecule has 3 nitrogen and oxygen atoms in total. The van der Waals surface area contributed by atoms with E-state index in [1.165, 1.54) is 11.1 Å². The molecular weight excluding hydrogens is 236 g/mol. The Kier molecular flexibility index (Phi) is 4.98. The highest BCUT2D eigenvalue weighted by molar-refractivity contribution is 5.84. The number of hydrogen-bond donors (Lipinski definition) is 2. The van der Waals surface area contributed by atoms with Gasteiger partial charge in [0.15, 0.2) is 0 Å². The van der Waals surface area contributed by atoms with Crippen LogP contribution in [-0.2, 0) is 4.79 Å². The number of carbonyl (C=O) groups excluding carboxylic acids is 1. The number of hydrogen-bond acceptors (Lipinski definition) is 2. The second kappa shape index (κ2) is 6.09. The van der Waals surface area contributed by atoms with Crippen molar-refractivity contribution in [3.05, 3.63) is 29.3 Å². The quantitative estimate of drug-likeness (QED) is 0.854. The van der Waals surface area contributed by atoms with E-state index in [0.717, 1.165) is 12.1 Å². The van der Waals surface area contributed by atoms with Crippen LogP contribution in [0.2, 0.25) is 0 Å². The third-order valence-electron chi connectivity index (χ3n) is 3.34. The molecule has 0 saturated carbocycles. The van der Waals surface area contributed by atoms with Gasteiger partial charge in [-0.3, -0.25) is 4.79 Å². The summed E-state index contributed by atoms with van der Waals surface area (Å²) >= 11 is 0. The molecule has 1 aromatic rings. The first-order valence-corrected chi connectivity index (χ1v) is 6.90. The van der Waals surface area contributed by atoms with Gasteiger partial charge in [-0.1, -0.05) is 13.0 Å². The Hall–Kier alpha value is -1.51. The minimum atomic E-state index is -0.243. The molecule has 1 unspecified atom stereocenters. The van der Waals surface area contributed by atoms with E-state index < -0.39 is 0 Å². The molecule has 0 aliphatic carbocycles. The lowest BCUT2D eigenvalue weighted by Gasteiger charge is -2.27. The molecule has 106 valence electrons. The Bertz CT molecular complexity index is 432. The predicted molar refractivity (Wildman–Crippen MR) is 81.5 cm³/mol. The van der Waals surface area contributed by atoms with Crippen LogP contribution in [0.15, 0.2) is 18.2 Å². The summed E-state index contributed by atoms with van der Waals surface area (Å²) in [4.78, 5) is 12.1. The number of anilines is 1. The summed E-state index contributed by atoms with van der Waals surface area (Å²) in [7, 11) is 0. The van der Waals surface area contributed by atoms with Gasteiger partial charge in [-0.2, -0.15) is 0 Å². The maximum absolute atomic E-state index is 12.1. The van der Waals surface area contributed by atoms with Crippen LogP contribution in [0, 0.1) is 13.8 Å². The van der Waals surface area contributed by atoms with E-state index in [2.05, 4.69) is 49.6 Å². The van der Waals surface area contributed by atoms with Crippen LogP contribution >= 0.6 is 0 Å². The van der Waals surface area contributed by atoms with Crippen molar-refractivity contribution in [1.29, 1.82) is 0 Å². The van der Waals surface area contributed by atoms with Crippen LogP contribution in [0.25, 0.3) is 0 Å². The van der Waals surface area contributed by atoms with Gasteiger partial charge in [0.05, 0.1) is 0 Å². The zero-order valence-electron chi connectivity index (χ0n) is 12.9. The highest BCUT2D eigenvalue weighted by atomic mass is 16.2. The number of aryl methyl sites for hydroxylation is 2. The molecule has 3 heteroatoms. The van der Waals surface area contributed by atoms with E-state index >= 15 is 0 Å². The number of nitrogens with one attached hydrogen (secondary N) is 2. The average Bonchev–Trinajstić information content (AvgIpc) is 2.26. The van der Waals surface area contributed by atoms with Crippen LogP contribution in [0.3, 0.4) is 0 Å². The third-order valence-corrected chi connectivity index (χ3v) is 3.34. The van der Waals surface area contributed by atoms with Gasteiger partial charge < -0.3 is 10.6 Å². The van der Waals surface area contributed by atoms with E-state index in [1.54, 1.807) is 0 Å². The van der Waals surface area contributed by atoms with Crippen molar-refractivity contribution in [3.63, 3.8) is 0 Å². The summed E-state index contributed by atoms with van der Waals surface area (Å²) in [6.07, 6.45) is 0.912. The fourth-order valence-electron chi connectivity index (χ4n) is 1.90. The Labute approximate surface area is 116 Å². The van der Waals surface area contributed by atoms with Gasteiger partial charge in [-0.15, -0.1) is 0 Å². The Balaban J connectivity index is 2.68. The second-order valence-electron chi connectivity index (χ2n) is 5.97. The molecule has 0 fully saturated rings. The molecule has 0 radical (unpaired) electrons. The largest absolute Gasteiger partial charge is 0.374 e. The molecule has 0 aliphatic heterocycles. The zero-order valence-corrected chi connectivity index (χ0v) is 12.9. The van der Waals surface area contributed by atoms with Crippen molar-refractivity contribution in [2.24, 2.45) is 0 Å². The van der Waals surface area contributed by atoms with Gasteiger partial charge in [-0.05, 0) is 64.3 Å². The van der Waals surface area contributed by atoms with Gasteiger partial charge in [0.1, 0.15) is 6.04 Å². The smallest absolute Gasteiger partial charge is 0.242 e. The lowest BCUT2D eigenvalue weighted by Crippen LogP contribution is -2.48. The van der Waals surface area contributed by atoms with E-state index in [4.69, 9.17) is 0 Å². The third kappa shape index (κ3) is 4.93. The molecule has 2 N–H and O–H groups in total. The maximum Gasteiger partial charge on any atom is 0.242 e. The monoisotopic (exact) mass is 262 g/mol. The van der Waals surface area contributed by atoms with Crippen LogP contribution in [0.5, 0.6) is 0 Å². The van der Waals surface area contributed by atoms with Crippen molar-refractivity contribution in [2.45, 2.75) is 59.5 Å². The molecule has 1 rings (SSSR count). The fourth-order valence-corrected chi connectivity index (χ4v) is 1.90. The molecule has 1 aromatic carbocycles. The van der Waals surface area contributed by atoms with Gasteiger partial charge in [-0.25, -0.2) is 0 Å². The lowest BCUT2D eigenvalue weighted by molar-refractivity contribution is -0.123. The van der Waals surface area contributed by atoms with Crippen LogP contribution in [-0.4, -0.2) is 17.5 Å². The lowest BCUT2D eigenvalue weighted by atomic mass is 10.0. The Morgan fingerprint density at radius 2 is 1.74 bits per heavy atom. The van der Waals surface area contributed by atoms with E-state index in [9.17, 15) is 4.79 Å². The van der Waals surface area contributed by atoms with Crippen molar-refractivity contribution in [2.75, 3.05) is 5.32 Å². The Morgan fingerprint density at radius 3 is 2.21 bits per heavy atom. The summed E-state index contributed by atoms with van der Waals surface area (Å²) in [5.74, 6) is 0.0333.